The maximum atomic E-state index is 13.2. The summed E-state index contributed by atoms with van der Waals surface area (Å²) in [7, 11) is 0. The van der Waals surface area contributed by atoms with Crippen LogP contribution in [-0.4, -0.2) is 40.3 Å². The van der Waals surface area contributed by atoms with Gasteiger partial charge in [0, 0.05) is 12.1 Å². The minimum atomic E-state index is -4.79. The van der Waals surface area contributed by atoms with Gasteiger partial charge in [-0.2, -0.15) is 13.2 Å². The van der Waals surface area contributed by atoms with Gasteiger partial charge in [0.1, 0.15) is 0 Å². The van der Waals surface area contributed by atoms with Gasteiger partial charge in [0.25, 0.3) is 0 Å². The molecule has 1 N–H and O–H groups in total. The first-order chi connectivity index (χ1) is 12.6. The summed E-state index contributed by atoms with van der Waals surface area (Å²) in [6, 6.07) is 0. The molecule has 4 fully saturated rings. The molecule has 0 aromatic carbocycles. The fourth-order valence-corrected chi connectivity index (χ4v) is 7.61. The van der Waals surface area contributed by atoms with Crippen molar-refractivity contribution in [2.45, 2.75) is 89.5 Å². The lowest BCUT2D eigenvalue weighted by Gasteiger charge is -2.64. The molecule has 1 aliphatic heterocycles. The second-order valence-electron chi connectivity index (χ2n) is 10.1. The average Bonchev–Trinajstić information content (AvgIpc) is 2.59. The molecule has 4 rings (SSSR count). The minimum Gasteiger partial charge on any atom is -0.393 e. The minimum absolute atomic E-state index is 0.168. The molecule has 27 heavy (non-hydrogen) atoms. The highest BCUT2D eigenvalue weighted by atomic mass is 19.4. The summed E-state index contributed by atoms with van der Waals surface area (Å²) in [4.78, 5) is 13.3. The number of carbonyl (C=O) groups is 1. The Kier molecular flexibility index (Phi) is 4.60. The van der Waals surface area contributed by atoms with Gasteiger partial charge >= 0.3 is 12.1 Å². The topological polar surface area (TPSA) is 40.5 Å². The molecule has 4 aliphatic rings. The van der Waals surface area contributed by atoms with Crippen molar-refractivity contribution in [3.8, 4) is 0 Å². The smallest absolute Gasteiger partial charge is 0.393 e. The number of hydrogen-bond acceptors (Lipinski definition) is 2. The molecule has 0 bridgehead atoms. The van der Waals surface area contributed by atoms with Crippen molar-refractivity contribution in [2.75, 3.05) is 6.54 Å². The number of piperidine rings is 1. The zero-order chi connectivity index (χ0) is 19.6. The first kappa shape index (κ1) is 19.5. The molecule has 0 aromatic rings. The Hall–Kier alpha value is -0.780. The Labute approximate surface area is 159 Å². The van der Waals surface area contributed by atoms with E-state index in [-0.39, 0.29) is 24.0 Å². The zero-order valence-corrected chi connectivity index (χ0v) is 16.4. The number of fused-ring (bicyclic) bond motifs is 5. The van der Waals surface area contributed by atoms with Gasteiger partial charge in [-0.3, -0.25) is 4.79 Å². The summed E-state index contributed by atoms with van der Waals surface area (Å²) >= 11 is 0. The SMILES string of the molecule is C[C@]12CCC3C(CC[C@H]4C[C@H](O)CC[C@]34C)C1CCCN2C(=O)C(F)(F)F. The molecule has 154 valence electrons. The molecule has 6 heteroatoms. The second-order valence-corrected chi connectivity index (χ2v) is 10.1. The standard InChI is InChI=1S/C21H32F3NO2/c1-19-9-7-14(26)12-13(19)5-6-15-16(19)8-10-20(2)17(15)4-3-11-25(20)18(27)21(22,23)24/h13-17,26H,3-12H2,1-2H3/t13-,14+,15?,16?,17?,19-,20-/m0/s1. The summed E-state index contributed by atoms with van der Waals surface area (Å²) in [6.45, 7) is 4.51. The van der Waals surface area contributed by atoms with Gasteiger partial charge in [0.15, 0.2) is 0 Å². The van der Waals surface area contributed by atoms with Crippen LogP contribution >= 0.6 is 0 Å². The van der Waals surface area contributed by atoms with Gasteiger partial charge in [0.2, 0.25) is 0 Å². The van der Waals surface area contributed by atoms with E-state index in [9.17, 15) is 23.1 Å². The van der Waals surface area contributed by atoms with Crippen molar-refractivity contribution in [3.05, 3.63) is 0 Å². The highest BCUT2D eigenvalue weighted by molar-refractivity contribution is 5.82. The van der Waals surface area contributed by atoms with Crippen molar-refractivity contribution >= 4 is 5.91 Å². The van der Waals surface area contributed by atoms with Crippen molar-refractivity contribution in [1.29, 1.82) is 0 Å². The van der Waals surface area contributed by atoms with Gasteiger partial charge in [-0.05, 0) is 93.8 Å². The lowest BCUT2D eigenvalue weighted by atomic mass is 9.45. The monoisotopic (exact) mass is 387 g/mol. The lowest BCUT2D eigenvalue weighted by Crippen LogP contribution is -2.66. The van der Waals surface area contributed by atoms with Crippen LogP contribution in [0.15, 0.2) is 0 Å². The van der Waals surface area contributed by atoms with Crippen LogP contribution in [0.2, 0.25) is 0 Å². The molecule has 3 aliphatic carbocycles. The van der Waals surface area contributed by atoms with Gasteiger partial charge in [-0.15, -0.1) is 0 Å². The third-order valence-corrected chi connectivity index (χ3v) is 9.00. The number of aliphatic hydroxyl groups is 1. The normalized spacial score (nSPS) is 47.6. The molecule has 1 saturated heterocycles. The van der Waals surface area contributed by atoms with Crippen LogP contribution in [0.25, 0.3) is 0 Å². The largest absolute Gasteiger partial charge is 0.471 e. The fourth-order valence-electron chi connectivity index (χ4n) is 7.61. The van der Waals surface area contributed by atoms with Crippen molar-refractivity contribution in [1.82, 2.24) is 4.90 Å². The molecule has 3 saturated carbocycles. The van der Waals surface area contributed by atoms with Gasteiger partial charge in [0.05, 0.1) is 6.10 Å². The van der Waals surface area contributed by atoms with Crippen molar-refractivity contribution in [3.63, 3.8) is 0 Å². The maximum absolute atomic E-state index is 13.2. The van der Waals surface area contributed by atoms with Crippen LogP contribution in [-0.2, 0) is 4.79 Å². The third-order valence-electron chi connectivity index (χ3n) is 9.00. The molecule has 0 aromatic heterocycles. The molecule has 0 radical (unpaired) electrons. The number of likely N-dealkylation sites (tertiary alicyclic amines) is 1. The van der Waals surface area contributed by atoms with Crippen LogP contribution in [0.1, 0.15) is 71.6 Å². The molecular weight excluding hydrogens is 355 g/mol. The highest BCUT2D eigenvalue weighted by Gasteiger charge is 2.61. The highest BCUT2D eigenvalue weighted by Crippen LogP contribution is 2.63. The Morgan fingerprint density at radius 1 is 1.04 bits per heavy atom. The Morgan fingerprint density at radius 3 is 2.48 bits per heavy atom. The Morgan fingerprint density at radius 2 is 1.78 bits per heavy atom. The number of halogens is 3. The van der Waals surface area contributed by atoms with Crippen molar-refractivity contribution < 1.29 is 23.1 Å². The van der Waals surface area contributed by atoms with Gasteiger partial charge in [-0.25, -0.2) is 0 Å². The number of rotatable bonds is 0. The van der Waals surface area contributed by atoms with Crippen LogP contribution in [0, 0.1) is 29.1 Å². The number of alkyl halides is 3. The molecule has 0 spiro atoms. The zero-order valence-electron chi connectivity index (χ0n) is 16.4. The second kappa shape index (κ2) is 6.36. The van der Waals surface area contributed by atoms with E-state index in [1.807, 2.05) is 6.92 Å². The summed E-state index contributed by atoms with van der Waals surface area (Å²) in [6.07, 6.45) is 3.04. The maximum Gasteiger partial charge on any atom is 0.471 e. The summed E-state index contributed by atoms with van der Waals surface area (Å²) in [5.74, 6) is -0.0232. The predicted octanol–water partition coefficient (Wildman–Crippen LogP) is 4.53. The van der Waals surface area contributed by atoms with E-state index in [2.05, 4.69) is 6.92 Å². The molecule has 7 atom stereocenters. The molecule has 3 unspecified atom stereocenters. The molecular formula is C21H32F3NO2. The number of amides is 1. The fraction of sp³-hybridized carbons (Fsp3) is 0.952. The Bertz CT molecular complexity index is 609. The quantitative estimate of drug-likeness (QED) is 0.663. The molecule has 1 heterocycles. The van der Waals surface area contributed by atoms with E-state index >= 15 is 0 Å². The molecule has 3 nitrogen and oxygen atoms in total. The lowest BCUT2D eigenvalue weighted by molar-refractivity contribution is -0.205. The van der Waals surface area contributed by atoms with Crippen molar-refractivity contribution in [2.24, 2.45) is 29.1 Å². The van der Waals surface area contributed by atoms with Crippen LogP contribution in [0.4, 0.5) is 13.2 Å². The number of hydrogen-bond donors (Lipinski definition) is 1. The number of carbonyl (C=O) groups excluding carboxylic acids is 1. The van der Waals surface area contributed by atoms with Gasteiger partial charge in [-0.1, -0.05) is 6.92 Å². The summed E-state index contributed by atoms with van der Waals surface area (Å²) in [5, 5.41) is 10.1. The van der Waals surface area contributed by atoms with E-state index in [1.165, 1.54) is 4.90 Å². The van der Waals surface area contributed by atoms with E-state index in [0.717, 1.165) is 44.9 Å². The van der Waals surface area contributed by atoms with E-state index in [0.29, 0.717) is 30.6 Å². The predicted molar refractivity (Wildman–Crippen MR) is 95.8 cm³/mol. The van der Waals surface area contributed by atoms with Crippen LogP contribution in [0.3, 0.4) is 0 Å². The number of nitrogens with zero attached hydrogens (tertiary/aromatic N) is 1. The first-order valence-electron chi connectivity index (χ1n) is 10.6. The van der Waals surface area contributed by atoms with E-state index in [4.69, 9.17) is 0 Å². The number of aliphatic hydroxyl groups excluding tert-OH is 1. The van der Waals surface area contributed by atoms with E-state index in [1.54, 1.807) is 0 Å². The third kappa shape index (κ3) is 2.92. The summed E-state index contributed by atoms with van der Waals surface area (Å²) < 4.78 is 39.6. The van der Waals surface area contributed by atoms with Crippen LogP contribution in [0.5, 0.6) is 0 Å². The molecule has 1 amide bonds. The van der Waals surface area contributed by atoms with E-state index < -0.39 is 17.6 Å². The van der Waals surface area contributed by atoms with Gasteiger partial charge < -0.3 is 10.0 Å². The average molecular weight is 387 g/mol. The van der Waals surface area contributed by atoms with Crippen LogP contribution < -0.4 is 0 Å². The summed E-state index contributed by atoms with van der Waals surface area (Å²) in [5.41, 5.74) is -0.469. The Balaban J connectivity index is 1.62. The first-order valence-corrected chi connectivity index (χ1v) is 10.6.